The SMILES string of the molecule is NC(COCC(=O)O)c1cc(Br)cc2c1OCC2. The molecule has 6 heteroatoms. The van der Waals surface area contributed by atoms with E-state index in [0.29, 0.717) is 6.61 Å². The van der Waals surface area contributed by atoms with Gasteiger partial charge in [-0.3, -0.25) is 0 Å². The molecule has 0 saturated carbocycles. The predicted octanol–water partition coefficient (Wildman–Crippen LogP) is 1.49. The number of carboxylic acids is 1. The van der Waals surface area contributed by atoms with Crippen LogP contribution in [-0.4, -0.2) is 30.9 Å². The van der Waals surface area contributed by atoms with Crippen LogP contribution in [0.5, 0.6) is 5.75 Å². The van der Waals surface area contributed by atoms with Crippen molar-refractivity contribution >= 4 is 21.9 Å². The third kappa shape index (κ3) is 3.01. The smallest absolute Gasteiger partial charge is 0.329 e. The van der Waals surface area contributed by atoms with Crippen molar-refractivity contribution in [3.8, 4) is 5.75 Å². The van der Waals surface area contributed by atoms with Crippen LogP contribution in [0, 0.1) is 0 Å². The van der Waals surface area contributed by atoms with Gasteiger partial charge in [-0.2, -0.15) is 0 Å². The molecule has 0 aliphatic carbocycles. The van der Waals surface area contributed by atoms with Crippen molar-refractivity contribution in [2.24, 2.45) is 5.73 Å². The molecule has 5 nitrogen and oxygen atoms in total. The maximum absolute atomic E-state index is 10.4. The normalized spacial score (nSPS) is 15.0. The Balaban J connectivity index is 2.10. The van der Waals surface area contributed by atoms with Crippen molar-refractivity contribution in [3.05, 3.63) is 27.7 Å². The molecule has 1 aromatic rings. The monoisotopic (exact) mass is 315 g/mol. The summed E-state index contributed by atoms with van der Waals surface area (Å²) >= 11 is 3.43. The van der Waals surface area contributed by atoms with Gasteiger partial charge in [-0.1, -0.05) is 15.9 Å². The van der Waals surface area contributed by atoms with Crippen molar-refractivity contribution in [3.63, 3.8) is 0 Å². The van der Waals surface area contributed by atoms with Gasteiger partial charge in [-0.05, 0) is 17.7 Å². The molecular weight excluding hydrogens is 302 g/mol. The molecule has 0 fully saturated rings. The van der Waals surface area contributed by atoms with Crippen molar-refractivity contribution in [2.75, 3.05) is 19.8 Å². The lowest BCUT2D eigenvalue weighted by Crippen LogP contribution is -2.20. The van der Waals surface area contributed by atoms with Crippen LogP contribution in [0.1, 0.15) is 17.2 Å². The Morgan fingerprint density at radius 2 is 2.39 bits per heavy atom. The van der Waals surface area contributed by atoms with E-state index in [1.54, 1.807) is 0 Å². The zero-order valence-electron chi connectivity index (χ0n) is 9.69. The molecule has 0 aromatic heterocycles. The van der Waals surface area contributed by atoms with Crippen LogP contribution in [0.15, 0.2) is 16.6 Å². The molecule has 18 heavy (non-hydrogen) atoms. The summed E-state index contributed by atoms with van der Waals surface area (Å²) in [5.41, 5.74) is 7.97. The highest BCUT2D eigenvalue weighted by Crippen LogP contribution is 2.35. The summed E-state index contributed by atoms with van der Waals surface area (Å²) in [5, 5.41) is 8.50. The number of aliphatic carboxylic acids is 1. The second-order valence-electron chi connectivity index (χ2n) is 4.10. The summed E-state index contributed by atoms with van der Waals surface area (Å²) in [7, 11) is 0. The lowest BCUT2D eigenvalue weighted by atomic mass is 10.0. The average Bonchev–Trinajstić information content (AvgIpc) is 2.74. The van der Waals surface area contributed by atoms with E-state index < -0.39 is 12.0 Å². The number of carboxylic acid groups (broad SMARTS) is 1. The minimum atomic E-state index is -1.00. The van der Waals surface area contributed by atoms with Gasteiger partial charge in [-0.15, -0.1) is 0 Å². The first-order valence-corrected chi connectivity index (χ1v) is 6.37. The molecule has 3 N–H and O–H groups in total. The van der Waals surface area contributed by atoms with Gasteiger partial charge in [0.2, 0.25) is 0 Å². The number of benzene rings is 1. The summed E-state index contributed by atoms with van der Waals surface area (Å²) in [5.74, 6) is -0.192. The number of ether oxygens (including phenoxy) is 2. The Morgan fingerprint density at radius 3 is 3.11 bits per heavy atom. The molecular formula is C12H14BrNO4. The van der Waals surface area contributed by atoms with Gasteiger partial charge in [0.25, 0.3) is 0 Å². The van der Waals surface area contributed by atoms with Crippen LogP contribution < -0.4 is 10.5 Å². The summed E-state index contributed by atoms with van der Waals surface area (Å²) in [6, 6.07) is 3.50. The van der Waals surface area contributed by atoms with Gasteiger partial charge < -0.3 is 20.3 Å². The molecule has 0 amide bonds. The zero-order chi connectivity index (χ0) is 13.1. The minimum absolute atomic E-state index is 0.151. The molecule has 1 aliphatic heterocycles. The van der Waals surface area contributed by atoms with E-state index in [1.165, 1.54) is 0 Å². The second kappa shape index (κ2) is 5.69. The van der Waals surface area contributed by atoms with E-state index in [1.807, 2.05) is 12.1 Å². The van der Waals surface area contributed by atoms with Gasteiger partial charge >= 0.3 is 5.97 Å². The number of rotatable bonds is 5. The predicted molar refractivity (Wildman–Crippen MR) is 68.7 cm³/mol. The van der Waals surface area contributed by atoms with Crippen LogP contribution in [0.4, 0.5) is 0 Å². The van der Waals surface area contributed by atoms with Crippen molar-refractivity contribution in [1.82, 2.24) is 0 Å². The van der Waals surface area contributed by atoms with E-state index in [9.17, 15) is 4.79 Å². The Hall–Kier alpha value is -1.11. The molecule has 0 bridgehead atoms. The Morgan fingerprint density at radius 1 is 1.61 bits per heavy atom. The van der Waals surface area contributed by atoms with E-state index in [-0.39, 0.29) is 13.2 Å². The highest BCUT2D eigenvalue weighted by Gasteiger charge is 2.21. The van der Waals surface area contributed by atoms with Gasteiger partial charge in [0.05, 0.1) is 19.3 Å². The molecule has 1 unspecified atom stereocenters. The summed E-state index contributed by atoms with van der Waals surface area (Å²) in [4.78, 5) is 10.4. The standard InChI is InChI=1S/C12H14BrNO4/c13-8-3-7-1-2-18-12(7)9(4-8)10(14)5-17-6-11(15)16/h3-4,10H,1-2,5-6,14H2,(H,15,16). The first-order chi connectivity index (χ1) is 8.58. The molecule has 0 spiro atoms. The fourth-order valence-electron chi connectivity index (χ4n) is 1.94. The van der Waals surface area contributed by atoms with Gasteiger partial charge in [0.1, 0.15) is 12.4 Å². The van der Waals surface area contributed by atoms with E-state index in [4.69, 9.17) is 20.3 Å². The van der Waals surface area contributed by atoms with E-state index in [2.05, 4.69) is 15.9 Å². The maximum atomic E-state index is 10.4. The number of nitrogens with two attached hydrogens (primary N) is 1. The van der Waals surface area contributed by atoms with Crippen molar-refractivity contribution in [2.45, 2.75) is 12.5 Å². The maximum Gasteiger partial charge on any atom is 0.329 e. The molecule has 2 rings (SSSR count). The number of hydrogen-bond acceptors (Lipinski definition) is 4. The summed E-state index contributed by atoms with van der Waals surface area (Å²) in [6.07, 6.45) is 0.866. The molecule has 1 aliphatic rings. The molecule has 0 radical (unpaired) electrons. The Kier molecular flexibility index (Phi) is 4.21. The molecule has 1 aromatic carbocycles. The van der Waals surface area contributed by atoms with E-state index in [0.717, 1.165) is 27.8 Å². The van der Waals surface area contributed by atoms with Crippen LogP contribution >= 0.6 is 15.9 Å². The summed E-state index contributed by atoms with van der Waals surface area (Å²) < 4.78 is 11.5. The number of hydrogen-bond donors (Lipinski definition) is 2. The third-order valence-electron chi connectivity index (χ3n) is 2.70. The number of halogens is 1. The van der Waals surface area contributed by atoms with Crippen molar-refractivity contribution in [1.29, 1.82) is 0 Å². The minimum Gasteiger partial charge on any atom is -0.493 e. The van der Waals surface area contributed by atoms with Gasteiger partial charge in [-0.25, -0.2) is 4.79 Å². The van der Waals surface area contributed by atoms with Crippen LogP contribution in [-0.2, 0) is 16.0 Å². The Bertz CT molecular complexity index is 464. The number of fused-ring (bicyclic) bond motifs is 1. The van der Waals surface area contributed by atoms with E-state index >= 15 is 0 Å². The highest BCUT2D eigenvalue weighted by atomic mass is 79.9. The Labute approximate surface area is 113 Å². The molecule has 0 saturated heterocycles. The molecule has 98 valence electrons. The molecule has 1 atom stereocenters. The van der Waals surface area contributed by atoms with Gasteiger partial charge in [0.15, 0.2) is 0 Å². The van der Waals surface area contributed by atoms with Crippen LogP contribution in [0.3, 0.4) is 0 Å². The van der Waals surface area contributed by atoms with Crippen molar-refractivity contribution < 1.29 is 19.4 Å². The second-order valence-corrected chi connectivity index (χ2v) is 5.01. The quantitative estimate of drug-likeness (QED) is 0.860. The number of carbonyl (C=O) groups is 1. The van der Waals surface area contributed by atoms with Crippen LogP contribution in [0.25, 0.3) is 0 Å². The fraction of sp³-hybridized carbons (Fsp3) is 0.417. The average molecular weight is 316 g/mol. The molecule has 1 heterocycles. The summed E-state index contributed by atoms with van der Waals surface area (Å²) in [6.45, 7) is 0.463. The van der Waals surface area contributed by atoms with Crippen LogP contribution in [0.2, 0.25) is 0 Å². The topological polar surface area (TPSA) is 81.8 Å². The first kappa shape index (κ1) is 13.3. The highest BCUT2D eigenvalue weighted by molar-refractivity contribution is 9.10. The fourth-order valence-corrected chi connectivity index (χ4v) is 2.46. The lowest BCUT2D eigenvalue weighted by molar-refractivity contribution is -0.142. The largest absolute Gasteiger partial charge is 0.493 e. The third-order valence-corrected chi connectivity index (χ3v) is 3.16. The zero-order valence-corrected chi connectivity index (χ0v) is 11.3. The first-order valence-electron chi connectivity index (χ1n) is 5.58. The van der Waals surface area contributed by atoms with Gasteiger partial charge in [0, 0.05) is 16.5 Å². The lowest BCUT2D eigenvalue weighted by Gasteiger charge is -2.16.